The highest BCUT2D eigenvalue weighted by molar-refractivity contribution is 5.43. The highest BCUT2D eigenvalue weighted by Crippen LogP contribution is 2.16. The minimum absolute atomic E-state index is 0.00172. The van der Waals surface area contributed by atoms with Crippen molar-refractivity contribution in [2.45, 2.75) is 58.0 Å². The normalized spacial score (nSPS) is 17.2. The lowest BCUT2D eigenvalue weighted by Gasteiger charge is -2.28. The summed E-state index contributed by atoms with van der Waals surface area (Å²) in [7, 11) is 0. The molecule has 20 heavy (non-hydrogen) atoms. The van der Waals surface area contributed by atoms with Gasteiger partial charge >= 0.3 is 0 Å². The van der Waals surface area contributed by atoms with Crippen LogP contribution in [0.5, 0.6) is 0 Å². The summed E-state index contributed by atoms with van der Waals surface area (Å²) < 4.78 is 1.55. The van der Waals surface area contributed by atoms with Crippen molar-refractivity contribution in [2.24, 2.45) is 5.73 Å². The summed E-state index contributed by atoms with van der Waals surface area (Å²) in [4.78, 5) is 14.3. The summed E-state index contributed by atoms with van der Waals surface area (Å²) in [5.41, 5.74) is 6.85. The predicted molar refractivity (Wildman–Crippen MR) is 82.1 cm³/mol. The lowest BCUT2D eigenvalue weighted by molar-refractivity contribution is 0.486. The van der Waals surface area contributed by atoms with E-state index in [1.807, 2.05) is 6.20 Å². The van der Waals surface area contributed by atoms with Gasteiger partial charge in [-0.25, -0.2) is 4.68 Å². The Labute approximate surface area is 120 Å². The fraction of sp³-hybridized carbons (Fsp3) is 0.733. The summed E-state index contributed by atoms with van der Waals surface area (Å²) in [5, 5.41) is 4.30. The summed E-state index contributed by atoms with van der Waals surface area (Å²) in [5.74, 6) is 0. The predicted octanol–water partition coefficient (Wildman–Crippen LogP) is 1.75. The number of hydrogen-bond acceptors (Lipinski definition) is 4. The smallest absolute Gasteiger partial charge is 0.268 e. The van der Waals surface area contributed by atoms with Gasteiger partial charge in [-0.1, -0.05) is 6.92 Å². The average molecular weight is 278 g/mol. The Morgan fingerprint density at radius 3 is 2.75 bits per heavy atom. The molecule has 2 N–H and O–H groups in total. The van der Waals surface area contributed by atoms with E-state index in [1.54, 1.807) is 10.7 Å². The molecule has 1 aromatic heterocycles. The molecule has 5 heteroatoms. The topological polar surface area (TPSA) is 64.2 Å². The first-order valence-corrected chi connectivity index (χ1v) is 7.78. The number of nitrogens with two attached hydrogens (primary N) is 1. The molecule has 0 radical (unpaired) electrons. The van der Waals surface area contributed by atoms with E-state index in [1.165, 1.54) is 19.3 Å². The molecule has 1 aromatic rings. The van der Waals surface area contributed by atoms with Crippen LogP contribution in [0.25, 0.3) is 0 Å². The van der Waals surface area contributed by atoms with Crippen LogP contribution >= 0.6 is 0 Å². The van der Waals surface area contributed by atoms with Gasteiger partial charge in [0.15, 0.2) is 0 Å². The van der Waals surface area contributed by atoms with Crippen LogP contribution in [-0.4, -0.2) is 28.9 Å². The fourth-order valence-corrected chi connectivity index (χ4v) is 2.62. The molecule has 0 saturated carbocycles. The Kier molecular flexibility index (Phi) is 5.59. The maximum atomic E-state index is 12.1. The fourth-order valence-electron chi connectivity index (χ4n) is 2.62. The molecule has 5 nitrogen and oxygen atoms in total. The molecule has 0 spiro atoms. The van der Waals surface area contributed by atoms with Gasteiger partial charge in [0, 0.05) is 31.7 Å². The molecule has 1 aliphatic rings. The summed E-state index contributed by atoms with van der Waals surface area (Å²) >= 11 is 0. The van der Waals surface area contributed by atoms with E-state index in [9.17, 15) is 4.79 Å². The van der Waals surface area contributed by atoms with Crippen molar-refractivity contribution in [3.63, 3.8) is 0 Å². The third kappa shape index (κ3) is 4.07. The van der Waals surface area contributed by atoms with Crippen LogP contribution in [0.4, 0.5) is 5.69 Å². The van der Waals surface area contributed by atoms with Crippen LogP contribution in [0, 0.1) is 0 Å². The zero-order valence-electron chi connectivity index (χ0n) is 12.4. The van der Waals surface area contributed by atoms with E-state index in [0.29, 0.717) is 6.54 Å². The lowest BCUT2D eigenvalue weighted by Crippen LogP contribution is -2.32. The molecule has 2 heterocycles. The first-order chi connectivity index (χ1) is 9.70. The van der Waals surface area contributed by atoms with Crippen molar-refractivity contribution >= 4 is 5.69 Å². The summed E-state index contributed by atoms with van der Waals surface area (Å²) in [6.45, 7) is 4.82. The Balaban J connectivity index is 1.93. The van der Waals surface area contributed by atoms with E-state index >= 15 is 0 Å². The Morgan fingerprint density at radius 2 is 2.10 bits per heavy atom. The van der Waals surface area contributed by atoms with Crippen LogP contribution in [0.1, 0.15) is 45.4 Å². The Morgan fingerprint density at radius 1 is 1.35 bits per heavy atom. The van der Waals surface area contributed by atoms with Gasteiger partial charge in [-0.2, -0.15) is 5.10 Å². The van der Waals surface area contributed by atoms with Gasteiger partial charge < -0.3 is 10.6 Å². The van der Waals surface area contributed by atoms with Gasteiger partial charge in [0.2, 0.25) is 0 Å². The zero-order chi connectivity index (χ0) is 14.4. The number of rotatable bonds is 6. The first-order valence-electron chi connectivity index (χ1n) is 7.78. The van der Waals surface area contributed by atoms with E-state index < -0.39 is 0 Å². The van der Waals surface area contributed by atoms with Crippen LogP contribution in [0.3, 0.4) is 0 Å². The van der Waals surface area contributed by atoms with E-state index in [4.69, 9.17) is 5.73 Å². The average Bonchev–Trinajstić information content (AvgIpc) is 2.49. The maximum Gasteiger partial charge on any atom is 0.268 e. The molecule has 0 amide bonds. The van der Waals surface area contributed by atoms with Crippen molar-refractivity contribution in [2.75, 3.05) is 18.0 Å². The molecule has 0 aliphatic carbocycles. The molecule has 112 valence electrons. The second-order valence-electron chi connectivity index (χ2n) is 5.63. The zero-order valence-corrected chi connectivity index (χ0v) is 12.4. The number of aryl methyl sites for hydroxylation is 1. The molecule has 1 unspecified atom stereocenters. The van der Waals surface area contributed by atoms with Gasteiger partial charge in [0.05, 0.1) is 11.9 Å². The minimum Gasteiger partial charge on any atom is -0.370 e. The number of hydrogen-bond donors (Lipinski definition) is 1. The summed E-state index contributed by atoms with van der Waals surface area (Å²) in [6, 6.07) is 1.95. The van der Waals surface area contributed by atoms with Crippen LogP contribution in [0.2, 0.25) is 0 Å². The molecule has 1 atom stereocenters. The maximum absolute atomic E-state index is 12.1. The monoisotopic (exact) mass is 278 g/mol. The second kappa shape index (κ2) is 7.43. The van der Waals surface area contributed by atoms with Crippen molar-refractivity contribution in [1.29, 1.82) is 0 Å². The van der Waals surface area contributed by atoms with Gasteiger partial charge in [-0.05, 0) is 38.5 Å². The first kappa shape index (κ1) is 15.0. The van der Waals surface area contributed by atoms with E-state index in [0.717, 1.165) is 38.0 Å². The third-order valence-electron chi connectivity index (χ3n) is 4.05. The van der Waals surface area contributed by atoms with Gasteiger partial charge in [0.25, 0.3) is 5.56 Å². The van der Waals surface area contributed by atoms with E-state index in [2.05, 4.69) is 16.9 Å². The molecule has 1 aliphatic heterocycles. The second-order valence-corrected chi connectivity index (χ2v) is 5.63. The van der Waals surface area contributed by atoms with Crippen molar-refractivity contribution in [1.82, 2.24) is 9.78 Å². The highest BCUT2D eigenvalue weighted by Gasteiger charge is 2.12. The van der Waals surface area contributed by atoms with Crippen molar-refractivity contribution in [3.8, 4) is 0 Å². The molecule has 2 rings (SSSR count). The Hall–Kier alpha value is -1.36. The molecule has 1 fully saturated rings. The lowest BCUT2D eigenvalue weighted by atomic mass is 10.1. The van der Waals surface area contributed by atoms with Gasteiger partial charge in [0.1, 0.15) is 0 Å². The third-order valence-corrected chi connectivity index (χ3v) is 4.05. The molecule has 1 saturated heterocycles. The molecule has 0 aromatic carbocycles. The SMILES string of the molecule is CCC(N)CCCn1ncc(N2CCCCC2)cc1=O. The molecular formula is C15H26N4O. The Bertz CT molecular complexity index is 465. The van der Waals surface area contributed by atoms with Gasteiger partial charge in [-0.15, -0.1) is 0 Å². The quantitative estimate of drug-likeness (QED) is 0.861. The summed E-state index contributed by atoms with van der Waals surface area (Å²) in [6.07, 6.45) is 8.36. The minimum atomic E-state index is -0.00172. The highest BCUT2D eigenvalue weighted by atomic mass is 16.1. The molecule has 0 bridgehead atoms. The van der Waals surface area contributed by atoms with Crippen LogP contribution < -0.4 is 16.2 Å². The van der Waals surface area contributed by atoms with Crippen LogP contribution in [0.15, 0.2) is 17.1 Å². The van der Waals surface area contributed by atoms with E-state index in [-0.39, 0.29) is 11.6 Å². The standard InChI is InChI=1S/C15H26N4O/c1-2-13(16)7-6-10-19-15(20)11-14(12-17-19)18-8-4-3-5-9-18/h11-13H,2-10,16H2,1H3. The number of piperidine rings is 1. The van der Waals surface area contributed by atoms with Crippen molar-refractivity contribution < 1.29 is 0 Å². The number of nitrogens with zero attached hydrogens (tertiary/aromatic N) is 3. The van der Waals surface area contributed by atoms with Crippen LogP contribution in [-0.2, 0) is 6.54 Å². The van der Waals surface area contributed by atoms with Crippen molar-refractivity contribution in [3.05, 3.63) is 22.6 Å². The molecular weight excluding hydrogens is 252 g/mol. The number of aromatic nitrogens is 2. The largest absolute Gasteiger partial charge is 0.370 e. The van der Waals surface area contributed by atoms with Gasteiger partial charge in [-0.3, -0.25) is 4.79 Å². The number of anilines is 1.